The number of H-pyrrole nitrogens is 2. The Labute approximate surface area is 491 Å². The topological polar surface area (TPSA) is 57.4 Å². The van der Waals surface area contributed by atoms with E-state index in [1.54, 1.807) is 0 Å². The molecular weight excluding hydrogens is 1420 g/mol. The summed E-state index contributed by atoms with van der Waals surface area (Å²) in [5.41, 5.74) is 19.0. The van der Waals surface area contributed by atoms with E-state index >= 15 is 0 Å². The fourth-order valence-corrected chi connectivity index (χ4v) is 15.6. The minimum Gasteiger partial charge on any atom is -0.354 e. The molecule has 370 valence electrons. The molecule has 72 heavy (non-hydrogen) atoms. The summed E-state index contributed by atoms with van der Waals surface area (Å²) in [5, 5.41) is 0. The third-order valence-electron chi connectivity index (χ3n) is 13.4. The number of hydrogen-bond donors (Lipinski definition) is 2. The number of halogens is 8. The Balaban J connectivity index is 1.52. The first-order valence-electron chi connectivity index (χ1n) is 23.7. The second kappa shape index (κ2) is 19.7. The Kier molecular flexibility index (Phi) is 14.8. The summed E-state index contributed by atoms with van der Waals surface area (Å²) in [6.07, 6.45) is 8.58. The second-order valence-corrected chi connectivity index (χ2v) is 29.6. The molecule has 4 nitrogen and oxygen atoms in total. The molecule has 0 saturated carbocycles. The number of rotatable bonds is 4. The first-order valence-corrected chi connectivity index (χ1v) is 30.0. The van der Waals surface area contributed by atoms with Crippen LogP contribution in [0.3, 0.4) is 0 Å². The molecule has 0 spiro atoms. The maximum Gasteiger partial charge on any atom is 0.0738 e. The summed E-state index contributed by atoms with van der Waals surface area (Å²) in [6, 6.07) is 26.6. The van der Waals surface area contributed by atoms with Crippen molar-refractivity contribution in [2.24, 2.45) is 0 Å². The molecule has 0 saturated heterocycles. The van der Waals surface area contributed by atoms with Gasteiger partial charge in [-0.15, -0.1) is 0 Å². The number of fused-ring (bicyclic) bond motifs is 8. The van der Waals surface area contributed by atoms with Crippen molar-refractivity contribution in [2.75, 3.05) is 0 Å². The van der Waals surface area contributed by atoms with Gasteiger partial charge < -0.3 is 9.97 Å². The predicted molar refractivity (Wildman–Crippen MR) is 337 cm³/mol. The van der Waals surface area contributed by atoms with Crippen molar-refractivity contribution >= 4 is 174 Å². The SMILES string of the molecule is CC(C)(C)c1cc(Br)c(-c2c3nc(c(-c4c(Br)cc(C(C)(C)C)cc4Br)c4ccc([nH]4)c(-c4c(Br)cc(C(C)(C)C)cc4Br)c4nc(c(-c5c(Br)cc(C(C)(C)C)cc5Br)c5ccc2[nH]5)C=C4)C=C3)c(Br)c1. The molecule has 4 aromatic carbocycles. The van der Waals surface area contributed by atoms with Crippen LogP contribution in [0.25, 0.3) is 90.9 Å². The van der Waals surface area contributed by atoms with Crippen LogP contribution < -0.4 is 0 Å². The summed E-state index contributed by atoms with van der Waals surface area (Å²) in [4.78, 5) is 19.3. The molecule has 3 aromatic heterocycles. The minimum atomic E-state index is -0.0833. The van der Waals surface area contributed by atoms with Gasteiger partial charge in [0, 0.05) is 102 Å². The van der Waals surface area contributed by atoms with Gasteiger partial charge in [-0.25, -0.2) is 9.97 Å². The van der Waals surface area contributed by atoms with Gasteiger partial charge in [-0.1, -0.05) is 211 Å². The van der Waals surface area contributed by atoms with Crippen LogP contribution >= 0.6 is 127 Å². The molecule has 2 aliphatic rings. The molecule has 0 amide bonds. The van der Waals surface area contributed by atoms with E-state index in [-0.39, 0.29) is 21.7 Å². The molecule has 0 atom stereocenters. The highest BCUT2D eigenvalue weighted by atomic mass is 79.9. The van der Waals surface area contributed by atoms with Crippen LogP contribution in [0, 0.1) is 0 Å². The average molecular weight is 1470 g/mol. The van der Waals surface area contributed by atoms with E-state index in [4.69, 9.17) is 9.97 Å². The predicted octanol–water partition coefficient (Wildman–Crippen LogP) is 22.6. The van der Waals surface area contributed by atoms with Crippen molar-refractivity contribution in [3.63, 3.8) is 0 Å². The lowest BCUT2D eigenvalue weighted by molar-refractivity contribution is 0.589. The maximum atomic E-state index is 5.66. The lowest BCUT2D eigenvalue weighted by Crippen LogP contribution is -2.11. The molecule has 12 heteroatoms. The summed E-state index contributed by atoms with van der Waals surface area (Å²) < 4.78 is 7.66. The number of nitrogens with one attached hydrogen (secondary N) is 2. The lowest BCUT2D eigenvalue weighted by Gasteiger charge is -2.22. The van der Waals surface area contributed by atoms with Gasteiger partial charge in [-0.3, -0.25) is 0 Å². The minimum absolute atomic E-state index is 0.0833. The third kappa shape index (κ3) is 10.3. The summed E-state index contributed by atoms with van der Waals surface area (Å²) in [6.45, 7) is 26.9. The Hall–Kier alpha value is -2.68. The first kappa shape index (κ1) is 54.1. The van der Waals surface area contributed by atoms with Crippen molar-refractivity contribution in [1.82, 2.24) is 19.9 Å². The third-order valence-corrected chi connectivity index (χ3v) is 18.4. The van der Waals surface area contributed by atoms with Gasteiger partial charge in [-0.2, -0.15) is 0 Å². The summed E-state index contributed by atoms with van der Waals surface area (Å²) in [7, 11) is 0. The van der Waals surface area contributed by atoms with Crippen LogP contribution in [0.4, 0.5) is 0 Å². The van der Waals surface area contributed by atoms with E-state index in [0.29, 0.717) is 0 Å². The molecule has 9 rings (SSSR count). The molecule has 2 aliphatic heterocycles. The van der Waals surface area contributed by atoms with Crippen molar-refractivity contribution in [3.05, 3.63) is 154 Å². The normalized spacial score (nSPS) is 13.2. The van der Waals surface area contributed by atoms with Crippen LogP contribution in [0.5, 0.6) is 0 Å². The van der Waals surface area contributed by atoms with Gasteiger partial charge in [0.2, 0.25) is 0 Å². The first-order chi connectivity index (χ1) is 33.5. The zero-order valence-corrected chi connectivity index (χ0v) is 54.8. The highest BCUT2D eigenvalue weighted by Crippen LogP contribution is 2.49. The van der Waals surface area contributed by atoms with E-state index in [2.05, 4.69) is 318 Å². The highest BCUT2D eigenvalue weighted by molar-refractivity contribution is 9.12. The summed E-state index contributed by atoms with van der Waals surface area (Å²) >= 11 is 32.7. The van der Waals surface area contributed by atoms with Crippen molar-refractivity contribution in [1.29, 1.82) is 0 Å². The number of aromatic amines is 2. The maximum absolute atomic E-state index is 5.66. The molecule has 0 unspecified atom stereocenters. The number of nitrogens with zero attached hydrogens (tertiary/aromatic N) is 2. The van der Waals surface area contributed by atoms with Crippen LogP contribution in [0.2, 0.25) is 0 Å². The monoisotopic (exact) mass is 1460 g/mol. The van der Waals surface area contributed by atoms with Crippen LogP contribution in [-0.2, 0) is 21.7 Å². The highest BCUT2D eigenvalue weighted by Gasteiger charge is 2.28. The molecule has 0 radical (unpaired) electrons. The van der Waals surface area contributed by atoms with Gasteiger partial charge in [0.15, 0.2) is 0 Å². The molecule has 2 N–H and O–H groups in total. The smallest absolute Gasteiger partial charge is 0.0738 e. The van der Waals surface area contributed by atoms with Gasteiger partial charge in [0.05, 0.1) is 22.8 Å². The number of hydrogen-bond acceptors (Lipinski definition) is 2. The molecular formula is C60H54Br8N4. The quantitative estimate of drug-likeness (QED) is 0.184. The lowest BCUT2D eigenvalue weighted by atomic mass is 9.86. The van der Waals surface area contributed by atoms with E-state index in [1.807, 2.05) is 0 Å². The average Bonchev–Trinajstić information content (AvgIpc) is 4.10. The Morgan fingerprint density at radius 3 is 0.597 bits per heavy atom. The standard InChI is InChI=1S/C60H54Br8N4/c1-57(2,3)29-21-33(61)49(34(62)22-29)53-41-13-15-43(69-41)54(50-35(63)23-30(24-36(50)64)58(4,5)6)45-17-19-47(71-45)56(52-39(67)27-32(28-40(52)68)60(10,11)12)48-20-18-46(72-48)55(44-16-14-42(53)70-44)51-37(65)25-31(26-38(51)66)59(7,8)9/h13-28,69,72H,1-12H3. The largest absolute Gasteiger partial charge is 0.354 e. The second-order valence-electron chi connectivity index (χ2n) is 22.8. The fourth-order valence-electron chi connectivity index (χ4n) is 9.24. The van der Waals surface area contributed by atoms with Gasteiger partial charge in [0.25, 0.3) is 0 Å². The molecule has 0 aliphatic carbocycles. The molecule has 8 bridgehead atoms. The number of aromatic nitrogens is 4. The van der Waals surface area contributed by atoms with E-state index in [1.165, 1.54) is 22.3 Å². The Morgan fingerprint density at radius 2 is 0.444 bits per heavy atom. The molecule has 0 fully saturated rings. The fraction of sp³-hybridized carbons (Fsp3) is 0.267. The van der Waals surface area contributed by atoms with Crippen molar-refractivity contribution in [2.45, 2.75) is 105 Å². The zero-order chi connectivity index (χ0) is 52.3. The van der Waals surface area contributed by atoms with Gasteiger partial charge in [-0.05, 0) is 141 Å². The summed E-state index contributed by atoms with van der Waals surface area (Å²) in [5.74, 6) is 0. The van der Waals surface area contributed by atoms with E-state index in [9.17, 15) is 0 Å². The molecule has 5 heterocycles. The molecule has 7 aromatic rings. The van der Waals surface area contributed by atoms with Crippen molar-refractivity contribution in [3.8, 4) is 44.5 Å². The Bertz CT molecular complexity index is 3100. The number of benzene rings is 4. The van der Waals surface area contributed by atoms with E-state index < -0.39 is 0 Å². The van der Waals surface area contributed by atoms with E-state index in [0.717, 1.165) is 125 Å². The Morgan fingerprint density at radius 1 is 0.278 bits per heavy atom. The van der Waals surface area contributed by atoms with Crippen molar-refractivity contribution < 1.29 is 0 Å². The van der Waals surface area contributed by atoms with Gasteiger partial charge >= 0.3 is 0 Å². The van der Waals surface area contributed by atoms with Crippen LogP contribution in [-0.4, -0.2) is 19.9 Å². The van der Waals surface area contributed by atoms with Gasteiger partial charge in [0.1, 0.15) is 0 Å². The van der Waals surface area contributed by atoms with Crippen LogP contribution in [0.15, 0.2) is 109 Å². The zero-order valence-electron chi connectivity index (χ0n) is 42.2. The van der Waals surface area contributed by atoms with Crippen LogP contribution in [0.1, 0.15) is 128 Å².